The molecule has 8 heteroatoms. The summed E-state index contributed by atoms with van der Waals surface area (Å²) >= 11 is 0. The maximum Gasteiger partial charge on any atom is 0.282 e. The van der Waals surface area contributed by atoms with Crippen LogP contribution < -0.4 is 16.4 Å². The number of amides is 2. The SMILES string of the molecule is CNc1ccc([N+](=O)[O-])c(C(=O)NC(C)CC(N)=O)c1. The number of anilines is 1. The van der Waals surface area contributed by atoms with Crippen molar-refractivity contribution < 1.29 is 14.5 Å². The second kappa shape index (κ2) is 6.50. The Morgan fingerprint density at radius 1 is 1.45 bits per heavy atom. The highest BCUT2D eigenvalue weighted by atomic mass is 16.6. The summed E-state index contributed by atoms with van der Waals surface area (Å²) in [7, 11) is 1.64. The lowest BCUT2D eigenvalue weighted by Crippen LogP contribution is -2.36. The fourth-order valence-electron chi connectivity index (χ4n) is 1.69. The summed E-state index contributed by atoms with van der Waals surface area (Å²) in [5, 5.41) is 16.2. The Hall–Kier alpha value is -2.64. The Balaban J connectivity index is 3.01. The number of rotatable bonds is 6. The fraction of sp³-hybridized carbons (Fsp3) is 0.333. The molecule has 1 aromatic carbocycles. The standard InChI is InChI=1S/C12H16N4O4/c1-7(5-11(13)17)15-12(18)9-6-8(14-2)3-4-10(9)16(19)20/h3-4,6-7,14H,5H2,1-2H3,(H2,13,17)(H,15,18). The van der Waals surface area contributed by atoms with Crippen LogP contribution in [0.3, 0.4) is 0 Å². The van der Waals surface area contributed by atoms with Crippen LogP contribution in [0.15, 0.2) is 18.2 Å². The van der Waals surface area contributed by atoms with Gasteiger partial charge in [-0.05, 0) is 19.1 Å². The molecular weight excluding hydrogens is 264 g/mol. The van der Waals surface area contributed by atoms with E-state index in [0.29, 0.717) is 5.69 Å². The molecule has 0 aliphatic carbocycles. The van der Waals surface area contributed by atoms with Crippen molar-refractivity contribution in [2.75, 3.05) is 12.4 Å². The third-order valence-corrected chi connectivity index (χ3v) is 2.61. The van der Waals surface area contributed by atoms with E-state index in [-0.39, 0.29) is 17.7 Å². The molecule has 4 N–H and O–H groups in total. The second-order valence-corrected chi connectivity index (χ2v) is 4.28. The Kier molecular flexibility index (Phi) is 5.01. The normalized spacial score (nSPS) is 11.5. The summed E-state index contributed by atoms with van der Waals surface area (Å²) in [4.78, 5) is 33.1. The topological polar surface area (TPSA) is 127 Å². The Bertz CT molecular complexity index is 544. The zero-order valence-electron chi connectivity index (χ0n) is 11.2. The Morgan fingerprint density at radius 3 is 2.60 bits per heavy atom. The van der Waals surface area contributed by atoms with E-state index in [9.17, 15) is 19.7 Å². The highest BCUT2D eigenvalue weighted by Crippen LogP contribution is 2.22. The molecule has 108 valence electrons. The first-order chi connectivity index (χ1) is 9.35. The van der Waals surface area contributed by atoms with Gasteiger partial charge in [0, 0.05) is 31.3 Å². The van der Waals surface area contributed by atoms with Gasteiger partial charge in [-0.2, -0.15) is 0 Å². The summed E-state index contributed by atoms with van der Waals surface area (Å²) in [6.07, 6.45) is -0.0365. The summed E-state index contributed by atoms with van der Waals surface area (Å²) in [5.41, 5.74) is 5.23. The van der Waals surface area contributed by atoms with E-state index in [2.05, 4.69) is 10.6 Å². The average molecular weight is 280 g/mol. The lowest BCUT2D eigenvalue weighted by atomic mass is 10.1. The van der Waals surface area contributed by atoms with Gasteiger partial charge >= 0.3 is 0 Å². The fourth-order valence-corrected chi connectivity index (χ4v) is 1.69. The van der Waals surface area contributed by atoms with Crippen LogP contribution in [0.2, 0.25) is 0 Å². The van der Waals surface area contributed by atoms with Gasteiger partial charge in [0.15, 0.2) is 0 Å². The van der Waals surface area contributed by atoms with Gasteiger partial charge in [0.05, 0.1) is 4.92 Å². The minimum atomic E-state index is -0.632. The van der Waals surface area contributed by atoms with E-state index in [4.69, 9.17) is 5.73 Å². The van der Waals surface area contributed by atoms with Gasteiger partial charge in [-0.1, -0.05) is 0 Å². The van der Waals surface area contributed by atoms with Crippen LogP contribution >= 0.6 is 0 Å². The van der Waals surface area contributed by atoms with Gasteiger partial charge in [0.25, 0.3) is 11.6 Å². The molecule has 1 rings (SSSR count). The van der Waals surface area contributed by atoms with Gasteiger partial charge in [-0.3, -0.25) is 19.7 Å². The van der Waals surface area contributed by atoms with Crippen LogP contribution in [0, 0.1) is 10.1 Å². The molecule has 0 heterocycles. The number of hydrogen-bond acceptors (Lipinski definition) is 5. The minimum absolute atomic E-state index is 0.0365. The van der Waals surface area contributed by atoms with Crippen LogP contribution in [0.25, 0.3) is 0 Å². The molecule has 0 saturated carbocycles. The third kappa shape index (κ3) is 3.94. The van der Waals surface area contributed by atoms with Crippen LogP contribution in [0.5, 0.6) is 0 Å². The molecule has 0 fully saturated rings. The van der Waals surface area contributed by atoms with Crippen LogP contribution in [-0.4, -0.2) is 29.8 Å². The quantitative estimate of drug-likeness (QED) is 0.520. The molecule has 0 aliphatic heterocycles. The number of carbonyl (C=O) groups excluding carboxylic acids is 2. The van der Waals surface area contributed by atoms with Crippen molar-refractivity contribution in [1.29, 1.82) is 0 Å². The molecule has 0 bridgehead atoms. The van der Waals surface area contributed by atoms with E-state index < -0.39 is 22.8 Å². The van der Waals surface area contributed by atoms with E-state index in [1.807, 2.05) is 0 Å². The number of carbonyl (C=O) groups is 2. The summed E-state index contributed by atoms with van der Waals surface area (Å²) in [6, 6.07) is 3.63. The number of benzene rings is 1. The number of nitrogens with zero attached hydrogens (tertiary/aromatic N) is 1. The van der Waals surface area contributed by atoms with Gasteiger partial charge in [-0.25, -0.2) is 0 Å². The van der Waals surface area contributed by atoms with Gasteiger partial charge in [0.1, 0.15) is 5.56 Å². The molecule has 0 saturated heterocycles. The Morgan fingerprint density at radius 2 is 2.10 bits per heavy atom. The van der Waals surface area contributed by atoms with Crippen molar-refractivity contribution in [3.8, 4) is 0 Å². The third-order valence-electron chi connectivity index (χ3n) is 2.61. The zero-order valence-corrected chi connectivity index (χ0v) is 11.2. The van der Waals surface area contributed by atoms with Crippen LogP contribution in [-0.2, 0) is 4.79 Å². The number of nitro benzene ring substituents is 1. The summed E-state index contributed by atoms with van der Waals surface area (Å²) in [5.74, 6) is -1.18. The van der Waals surface area contributed by atoms with Crippen molar-refractivity contribution in [2.45, 2.75) is 19.4 Å². The number of primary amides is 1. The van der Waals surface area contributed by atoms with E-state index in [0.717, 1.165) is 0 Å². The largest absolute Gasteiger partial charge is 0.388 e. The van der Waals surface area contributed by atoms with Gasteiger partial charge < -0.3 is 16.4 Å². The van der Waals surface area contributed by atoms with E-state index >= 15 is 0 Å². The molecule has 0 aromatic heterocycles. The minimum Gasteiger partial charge on any atom is -0.388 e. The predicted octanol–water partition coefficient (Wildman–Crippen LogP) is 0.630. The molecule has 20 heavy (non-hydrogen) atoms. The van der Waals surface area contributed by atoms with Crippen molar-refractivity contribution in [2.24, 2.45) is 5.73 Å². The van der Waals surface area contributed by atoms with Gasteiger partial charge in [0.2, 0.25) is 5.91 Å². The van der Waals surface area contributed by atoms with Crippen molar-refractivity contribution >= 4 is 23.2 Å². The van der Waals surface area contributed by atoms with Crippen LogP contribution in [0.4, 0.5) is 11.4 Å². The summed E-state index contributed by atoms with van der Waals surface area (Å²) < 4.78 is 0. The molecule has 8 nitrogen and oxygen atoms in total. The van der Waals surface area contributed by atoms with E-state index in [1.54, 1.807) is 14.0 Å². The first-order valence-electron chi connectivity index (χ1n) is 5.90. The maximum absolute atomic E-state index is 12.0. The summed E-state index contributed by atoms with van der Waals surface area (Å²) in [6.45, 7) is 1.59. The number of nitro groups is 1. The Labute approximate surface area is 115 Å². The first kappa shape index (κ1) is 15.4. The van der Waals surface area contributed by atoms with Crippen molar-refractivity contribution in [1.82, 2.24) is 5.32 Å². The predicted molar refractivity (Wildman–Crippen MR) is 73.4 cm³/mol. The molecular formula is C12H16N4O4. The van der Waals surface area contributed by atoms with E-state index in [1.165, 1.54) is 18.2 Å². The van der Waals surface area contributed by atoms with Crippen molar-refractivity contribution in [3.05, 3.63) is 33.9 Å². The average Bonchev–Trinajstić information content (AvgIpc) is 2.36. The van der Waals surface area contributed by atoms with Crippen LogP contribution in [0.1, 0.15) is 23.7 Å². The molecule has 0 spiro atoms. The van der Waals surface area contributed by atoms with Crippen molar-refractivity contribution in [3.63, 3.8) is 0 Å². The lowest BCUT2D eigenvalue weighted by molar-refractivity contribution is -0.385. The lowest BCUT2D eigenvalue weighted by Gasteiger charge is -2.12. The monoisotopic (exact) mass is 280 g/mol. The molecule has 0 aliphatic rings. The zero-order chi connectivity index (χ0) is 15.3. The highest BCUT2D eigenvalue weighted by molar-refractivity contribution is 5.99. The second-order valence-electron chi connectivity index (χ2n) is 4.28. The highest BCUT2D eigenvalue weighted by Gasteiger charge is 2.22. The molecule has 1 atom stereocenters. The number of nitrogens with two attached hydrogens (primary N) is 1. The maximum atomic E-state index is 12.0. The molecule has 2 amide bonds. The molecule has 0 radical (unpaired) electrons. The first-order valence-corrected chi connectivity index (χ1v) is 5.90. The smallest absolute Gasteiger partial charge is 0.282 e. The molecule has 1 unspecified atom stereocenters. The van der Waals surface area contributed by atoms with Gasteiger partial charge in [-0.15, -0.1) is 0 Å². The number of nitrogens with one attached hydrogen (secondary N) is 2. The molecule has 1 aromatic rings. The number of hydrogen-bond donors (Lipinski definition) is 3.